The summed E-state index contributed by atoms with van der Waals surface area (Å²) in [7, 11) is 1.13. The molecule has 0 aliphatic rings. The van der Waals surface area contributed by atoms with Gasteiger partial charge in [-0.25, -0.2) is 0 Å². The van der Waals surface area contributed by atoms with Crippen LogP contribution in [0.25, 0.3) is 0 Å². The van der Waals surface area contributed by atoms with Gasteiger partial charge in [0.2, 0.25) is 0 Å². The largest absolute Gasteiger partial charge is 0.756 e. The molecule has 0 fully saturated rings. The van der Waals surface area contributed by atoms with Gasteiger partial charge in [0.15, 0.2) is 6.10 Å². The van der Waals surface area contributed by atoms with Crippen molar-refractivity contribution in [2.24, 2.45) is 0 Å². The summed E-state index contributed by atoms with van der Waals surface area (Å²) in [4.78, 5) is 37.8. The van der Waals surface area contributed by atoms with Gasteiger partial charge in [-0.3, -0.25) is 14.2 Å². The van der Waals surface area contributed by atoms with E-state index in [1.54, 1.807) is 0 Å². The number of esters is 2. The van der Waals surface area contributed by atoms with Crippen LogP contribution in [0.5, 0.6) is 0 Å². The lowest BCUT2D eigenvalue weighted by atomic mass is 10.0. The summed E-state index contributed by atoms with van der Waals surface area (Å²) in [5.41, 5.74) is 0. The van der Waals surface area contributed by atoms with Gasteiger partial charge < -0.3 is 27.9 Å². The van der Waals surface area contributed by atoms with Gasteiger partial charge in [-0.1, -0.05) is 245 Å². The molecular formula is C66H112NO8P. The minimum Gasteiger partial charge on any atom is -0.756 e. The van der Waals surface area contributed by atoms with Gasteiger partial charge in [-0.2, -0.15) is 0 Å². The van der Waals surface area contributed by atoms with E-state index < -0.39 is 32.5 Å². The Labute approximate surface area is 467 Å². The Morgan fingerprint density at radius 1 is 0.408 bits per heavy atom. The van der Waals surface area contributed by atoms with Gasteiger partial charge in [0.1, 0.15) is 19.8 Å². The van der Waals surface area contributed by atoms with E-state index in [4.69, 9.17) is 18.5 Å². The number of likely N-dealkylation sites (N-methyl/N-ethyl adjacent to an activating group) is 1. The molecule has 0 amide bonds. The Balaban J connectivity index is 4.09. The average molecular weight is 1080 g/mol. The summed E-state index contributed by atoms with van der Waals surface area (Å²) in [6.07, 6.45) is 79.9. The maximum absolute atomic E-state index is 12.8. The Hall–Kier alpha value is -3.59. The van der Waals surface area contributed by atoms with E-state index in [-0.39, 0.29) is 26.1 Å². The van der Waals surface area contributed by atoms with Crippen molar-refractivity contribution in [3.8, 4) is 0 Å². The van der Waals surface area contributed by atoms with Crippen LogP contribution in [0.1, 0.15) is 232 Å². The number of allylic oxidation sites excluding steroid dienone is 20. The third-order valence-corrected chi connectivity index (χ3v) is 13.4. The topological polar surface area (TPSA) is 111 Å². The predicted octanol–water partition coefficient (Wildman–Crippen LogP) is 18.5. The molecule has 0 aromatic rings. The quantitative estimate of drug-likeness (QED) is 0.0195. The third kappa shape index (κ3) is 59.7. The van der Waals surface area contributed by atoms with E-state index >= 15 is 0 Å². The SMILES string of the molecule is CC/C=C\C/C=C\C/C=C\C/C=C\C/C=C\CCCCCCCCCCCCCCCCCCCCCC(=O)OC(COC(=O)CCC/C=C\C/C=C\C/C=C\C/C=C\C/C=C\CC)COP(=O)([O-])OCC[N+](C)(C)C. The Morgan fingerprint density at radius 3 is 1.09 bits per heavy atom. The molecule has 0 aliphatic carbocycles. The fourth-order valence-electron chi connectivity index (χ4n) is 7.90. The molecule has 0 aromatic carbocycles. The van der Waals surface area contributed by atoms with Gasteiger partial charge in [0, 0.05) is 12.8 Å². The molecule has 0 radical (unpaired) electrons. The minimum absolute atomic E-state index is 0.0442. The Morgan fingerprint density at radius 2 is 0.724 bits per heavy atom. The highest BCUT2D eigenvalue weighted by Gasteiger charge is 2.21. The van der Waals surface area contributed by atoms with E-state index in [1.807, 2.05) is 21.1 Å². The summed E-state index contributed by atoms with van der Waals surface area (Å²) in [5.74, 6) is -0.904. The molecular weight excluding hydrogens is 966 g/mol. The van der Waals surface area contributed by atoms with Gasteiger partial charge in [-0.05, 0) is 96.3 Å². The number of phosphoric ester groups is 1. The second kappa shape index (κ2) is 56.1. The molecule has 10 heteroatoms. The molecule has 2 unspecified atom stereocenters. The van der Waals surface area contributed by atoms with Gasteiger partial charge in [0.25, 0.3) is 7.82 Å². The third-order valence-electron chi connectivity index (χ3n) is 12.5. The van der Waals surface area contributed by atoms with E-state index in [1.165, 1.54) is 103 Å². The number of carbonyl (C=O) groups excluding carboxylic acids is 2. The molecule has 434 valence electrons. The van der Waals surface area contributed by atoms with Crippen LogP contribution in [0.15, 0.2) is 122 Å². The van der Waals surface area contributed by atoms with Gasteiger partial charge >= 0.3 is 11.9 Å². The lowest BCUT2D eigenvalue weighted by Gasteiger charge is -2.28. The first-order valence-electron chi connectivity index (χ1n) is 30.2. The summed E-state index contributed by atoms with van der Waals surface area (Å²) in [6.45, 7) is 3.94. The molecule has 0 rings (SSSR count). The van der Waals surface area contributed by atoms with E-state index in [0.717, 1.165) is 89.9 Å². The van der Waals surface area contributed by atoms with Crippen LogP contribution >= 0.6 is 7.82 Å². The van der Waals surface area contributed by atoms with Gasteiger partial charge in [-0.15, -0.1) is 0 Å². The number of unbranched alkanes of at least 4 members (excludes halogenated alkanes) is 20. The number of phosphoric acid groups is 1. The molecule has 0 bridgehead atoms. The standard InChI is InChI=1S/C66H112NO8P/c1-6-8-10-12-14-16-18-20-22-24-25-26-27-28-29-30-31-32-33-34-35-36-37-38-39-40-41-43-45-47-49-51-53-55-57-59-66(69)75-64(63-74-76(70,71)73-61-60-67(3,4)5)62-72-65(68)58-56-54-52-50-48-46-44-42-23-21-19-17-15-13-11-9-7-2/h8-11,14-17,20-23,25-26,28-29,44,46,50,52,64H,6-7,12-13,18-19,24,27,30-43,45,47-49,51,53-63H2,1-5H3/b10-8-,11-9-,16-14-,17-15-,22-20-,23-21-,26-25-,29-28-,46-44-,52-50-. The van der Waals surface area contributed by atoms with Crippen molar-refractivity contribution >= 4 is 19.8 Å². The molecule has 0 saturated heterocycles. The second-order valence-corrected chi connectivity index (χ2v) is 22.4. The van der Waals surface area contributed by atoms with Crippen LogP contribution < -0.4 is 4.89 Å². The van der Waals surface area contributed by atoms with Crippen LogP contribution in [0, 0.1) is 0 Å². The fraction of sp³-hybridized carbons (Fsp3) is 0.667. The van der Waals surface area contributed by atoms with Crippen molar-refractivity contribution in [2.75, 3.05) is 47.5 Å². The predicted molar refractivity (Wildman–Crippen MR) is 323 cm³/mol. The second-order valence-electron chi connectivity index (χ2n) is 20.9. The van der Waals surface area contributed by atoms with Crippen LogP contribution in [0.3, 0.4) is 0 Å². The summed E-state index contributed by atoms with van der Waals surface area (Å²) in [6, 6.07) is 0. The van der Waals surface area contributed by atoms with E-state index in [2.05, 4.69) is 135 Å². The van der Waals surface area contributed by atoms with Crippen molar-refractivity contribution in [3.05, 3.63) is 122 Å². The zero-order valence-corrected chi connectivity index (χ0v) is 50.0. The summed E-state index contributed by atoms with van der Waals surface area (Å²) >= 11 is 0. The molecule has 0 heterocycles. The first-order valence-corrected chi connectivity index (χ1v) is 31.7. The molecule has 0 aromatic heterocycles. The van der Waals surface area contributed by atoms with Crippen molar-refractivity contribution in [1.29, 1.82) is 0 Å². The highest BCUT2D eigenvalue weighted by molar-refractivity contribution is 7.45. The van der Waals surface area contributed by atoms with E-state index in [0.29, 0.717) is 23.9 Å². The first kappa shape index (κ1) is 72.4. The number of quaternary nitrogens is 1. The maximum Gasteiger partial charge on any atom is 0.306 e. The molecule has 2 atom stereocenters. The number of ether oxygens (including phenoxy) is 2. The number of rotatable bonds is 54. The highest BCUT2D eigenvalue weighted by Crippen LogP contribution is 2.38. The minimum atomic E-state index is -4.65. The van der Waals surface area contributed by atoms with E-state index in [9.17, 15) is 19.0 Å². The lowest BCUT2D eigenvalue weighted by Crippen LogP contribution is -2.37. The average Bonchev–Trinajstić information content (AvgIpc) is 3.38. The normalized spacial score (nSPS) is 14.1. The van der Waals surface area contributed by atoms with Crippen molar-refractivity contribution in [1.82, 2.24) is 0 Å². The monoisotopic (exact) mass is 1080 g/mol. The number of hydrogen-bond donors (Lipinski definition) is 0. The van der Waals surface area contributed by atoms with Crippen molar-refractivity contribution in [2.45, 2.75) is 238 Å². The summed E-state index contributed by atoms with van der Waals surface area (Å²) < 4.78 is 34.1. The molecule has 0 saturated carbocycles. The molecule has 76 heavy (non-hydrogen) atoms. The number of nitrogens with zero attached hydrogens (tertiary/aromatic N) is 1. The number of carbonyl (C=O) groups is 2. The Bertz CT molecular complexity index is 1700. The highest BCUT2D eigenvalue weighted by atomic mass is 31.2. The maximum atomic E-state index is 12.8. The Kier molecular flexibility index (Phi) is 53.5. The van der Waals surface area contributed by atoms with Crippen LogP contribution in [0.2, 0.25) is 0 Å². The van der Waals surface area contributed by atoms with Crippen LogP contribution in [0.4, 0.5) is 0 Å². The lowest BCUT2D eigenvalue weighted by molar-refractivity contribution is -0.870. The number of hydrogen-bond acceptors (Lipinski definition) is 8. The molecule has 0 N–H and O–H groups in total. The van der Waals surface area contributed by atoms with Crippen molar-refractivity contribution < 1.29 is 42.1 Å². The fourth-order valence-corrected chi connectivity index (χ4v) is 8.62. The zero-order valence-electron chi connectivity index (χ0n) is 49.2. The first-order chi connectivity index (χ1) is 37.0. The van der Waals surface area contributed by atoms with Crippen LogP contribution in [-0.2, 0) is 32.7 Å². The van der Waals surface area contributed by atoms with Crippen LogP contribution in [-0.4, -0.2) is 70.0 Å². The van der Waals surface area contributed by atoms with Gasteiger partial charge in [0.05, 0.1) is 27.7 Å². The smallest absolute Gasteiger partial charge is 0.306 e. The summed E-state index contributed by atoms with van der Waals surface area (Å²) in [5, 5.41) is 0. The van der Waals surface area contributed by atoms with Crippen molar-refractivity contribution in [3.63, 3.8) is 0 Å². The zero-order chi connectivity index (χ0) is 55.6. The molecule has 0 aliphatic heterocycles. The molecule has 9 nitrogen and oxygen atoms in total. The molecule has 0 spiro atoms.